The SMILES string of the molecule is O=P(COCCCl)(ON1CCOCC1)ON1CCOCC1. The van der Waals surface area contributed by atoms with Crippen LogP contribution in [0.15, 0.2) is 0 Å². The number of alkyl halides is 1. The zero-order valence-electron chi connectivity index (χ0n) is 11.9. The summed E-state index contributed by atoms with van der Waals surface area (Å²) in [5, 5.41) is 3.21. The lowest BCUT2D eigenvalue weighted by Crippen LogP contribution is -2.39. The number of hydroxylamine groups is 4. The number of nitrogens with zero attached hydrogens (tertiary/aromatic N) is 2. The first-order chi connectivity index (χ1) is 10.2. The van der Waals surface area contributed by atoms with E-state index in [2.05, 4.69) is 0 Å². The van der Waals surface area contributed by atoms with E-state index in [0.717, 1.165) is 0 Å². The lowest BCUT2D eigenvalue weighted by atomic mass is 10.5. The summed E-state index contributed by atoms with van der Waals surface area (Å²) in [4.78, 5) is 0. The second-order valence-electron chi connectivity index (χ2n) is 4.58. The Morgan fingerprint density at radius 3 is 1.86 bits per heavy atom. The van der Waals surface area contributed by atoms with Crippen LogP contribution in [0.1, 0.15) is 0 Å². The van der Waals surface area contributed by atoms with Gasteiger partial charge in [0.25, 0.3) is 0 Å². The van der Waals surface area contributed by atoms with Gasteiger partial charge in [0.1, 0.15) is 0 Å². The highest BCUT2D eigenvalue weighted by molar-refractivity contribution is 7.53. The average molecular weight is 345 g/mol. The molecule has 0 radical (unpaired) electrons. The lowest BCUT2D eigenvalue weighted by molar-refractivity contribution is -0.169. The van der Waals surface area contributed by atoms with Crippen LogP contribution in [-0.4, -0.2) is 81.6 Å². The second-order valence-corrected chi connectivity index (χ2v) is 6.77. The zero-order chi connectivity index (χ0) is 15.0. The summed E-state index contributed by atoms with van der Waals surface area (Å²) in [7, 11) is -3.43. The van der Waals surface area contributed by atoms with Crippen LogP contribution in [0.4, 0.5) is 0 Å². The predicted molar refractivity (Wildman–Crippen MR) is 76.1 cm³/mol. The van der Waals surface area contributed by atoms with Crippen LogP contribution in [0, 0.1) is 0 Å². The number of morpholine rings is 2. The normalized spacial score (nSPS) is 22.5. The van der Waals surface area contributed by atoms with Gasteiger partial charge in [-0.3, -0.25) is 4.57 Å². The molecule has 2 rings (SSSR count). The van der Waals surface area contributed by atoms with Crippen molar-refractivity contribution in [3.8, 4) is 0 Å². The third-order valence-corrected chi connectivity index (χ3v) is 4.50. The first-order valence-corrected chi connectivity index (χ1v) is 9.26. The number of ether oxygens (including phenoxy) is 3. The van der Waals surface area contributed by atoms with Crippen molar-refractivity contribution in [2.75, 3.05) is 71.4 Å². The van der Waals surface area contributed by atoms with Gasteiger partial charge < -0.3 is 14.2 Å². The molecule has 2 fully saturated rings. The molecule has 0 unspecified atom stereocenters. The fourth-order valence-electron chi connectivity index (χ4n) is 1.90. The van der Waals surface area contributed by atoms with E-state index < -0.39 is 7.60 Å². The molecule has 2 aliphatic rings. The van der Waals surface area contributed by atoms with Gasteiger partial charge in [0.2, 0.25) is 0 Å². The first kappa shape index (κ1) is 17.6. The Bertz CT molecular complexity index is 315. The minimum atomic E-state index is -3.43. The van der Waals surface area contributed by atoms with Crippen molar-refractivity contribution in [3.63, 3.8) is 0 Å². The Balaban J connectivity index is 1.89. The predicted octanol–water partition coefficient (Wildman–Crippen LogP) is 0.920. The fourth-order valence-corrected chi connectivity index (χ4v) is 3.52. The van der Waals surface area contributed by atoms with Crippen LogP contribution in [0.5, 0.6) is 0 Å². The molecule has 0 aromatic rings. The van der Waals surface area contributed by atoms with Gasteiger partial charge in [-0.15, -0.1) is 11.6 Å². The van der Waals surface area contributed by atoms with E-state index >= 15 is 0 Å². The summed E-state index contributed by atoms with van der Waals surface area (Å²) in [6, 6.07) is 0. The van der Waals surface area contributed by atoms with Gasteiger partial charge in [-0.2, -0.15) is 10.1 Å². The maximum Gasteiger partial charge on any atom is 0.388 e. The van der Waals surface area contributed by atoms with E-state index in [9.17, 15) is 4.57 Å². The van der Waals surface area contributed by atoms with Gasteiger partial charge in [0.15, 0.2) is 6.35 Å². The van der Waals surface area contributed by atoms with Crippen LogP contribution in [-0.2, 0) is 28.0 Å². The molecule has 0 amide bonds. The van der Waals surface area contributed by atoms with E-state index in [1.54, 1.807) is 10.1 Å². The Hall–Kier alpha value is 0.240. The molecule has 0 aliphatic carbocycles. The van der Waals surface area contributed by atoms with E-state index in [-0.39, 0.29) is 6.35 Å². The van der Waals surface area contributed by atoms with Crippen LogP contribution in [0.2, 0.25) is 0 Å². The van der Waals surface area contributed by atoms with Gasteiger partial charge in [-0.05, 0) is 0 Å². The number of rotatable bonds is 8. The van der Waals surface area contributed by atoms with E-state index in [0.29, 0.717) is 65.1 Å². The fraction of sp³-hybridized carbons (Fsp3) is 1.00. The molecule has 0 spiro atoms. The smallest absolute Gasteiger partial charge is 0.379 e. The van der Waals surface area contributed by atoms with Gasteiger partial charge in [0.05, 0.1) is 33.0 Å². The second kappa shape index (κ2) is 9.39. The molecule has 2 aliphatic heterocycles. The average Bonchev–Trinajstić information content (AvgIpc) is 2.49. The molecular weight excluding hydrogens is 323 g/mol. The topological polar surface area (TPSA) is 69.7 Å². The molecule has 8 nitrogen and oxygen atoms in total. The van der Waals surface area contributed by atoms with Crippen molar-refractivity contribution < 1.29 is 28.0 Å². The monoisotopic (exact) mass is 344 g/mol. The van der Waals surface area contributed by atoms with Gasteiger partial charge in [0, 0.05) is 32.1 Å². The van der Waals surface area contributed by atoms with Crippen molar-refractivity contribution in [2.45, 2.75) is 0 Å². The third-order valence-electron chi connectivity index (χ3n) is 2.89. The summed E-state index contributed by atoms with van der Waals surface area (Å²) < 4.78 is 39.7. The Morgan fingerprint density at radius 2 is 1.43 bits per heavy atom. The molecule has 0 bridgehead atoms. The molecule has 0 aromatic carbocycles. The quantitative estimate of drug-likeness (QED) is 0.366. The number of hydrogen-bond donors (Lipinski definition) is 0. The summed E-state index contributed by atoms with van der Waals surface area (Å²) in [6.07, 6.45) is -0.131. The molecular formula is C11H22ClN2O6P. The Morgan fingerprint density at radius 1 is 0.952 bits per heavy atom. The molecule has 0 N–H and O–H groups in total. The molecule has 10 heteroatoms. The summed E-state index contributed by atoms with van der Waals surface area (Å²) in [5.41, 5.74) is 0. The molecule has 0 aromatic heterocycles. The molecule has 21 heavy (non-hydrogen) atoms. The highest BCUT2D eigenvalue weighted by Crippen LogP contribution is 2.50. The zero-order valence-corrected chi connectivity index (χ0v) is 13.6. The summed E-state index contributed by atoms with van der Waals surface area (Å²) >= 11 is 5.56. The van der Waals surface area contributed by atoms with Crippen molar-refractivity contribution in [1.82, 2.24) is 10.1 Å². The highest BCUT2D eigenvalue weighted by atomic mass is 35.5. The molecule has 2 saturated heterocycles. The van der Waals surface area contributed by atoms with Crippen LogP contribution in [0.25, 0.3) is 0 Å². The maximum absolute atomic E-state index is 12.8. The Kier molecular flexibility index (Phi) is 7.87. The molecule has 0 atom stereocenters. The molecule has 2 heterocycles. The van der Waals surface area contributed by atoms with Gasteiger partial charge in [-0.25, -0.2) is 9.25 Å². The van der Waals surface area contributed by atoms with E-state index in [1.165, 1.54) is 0 Å². The molecule has 124 valence electrons. The minimum absolute atomic E-state index is 0.131. The van der Waals surface area contributed by atoms with Crippen LogP contribution >= 0.6 is 19.2 Å². The van der Waals surface area contributed by atoms with Crippen molar-refractivity contribution >= 4 is 19.2 Å². The lowest BCUT2D eigenvalue weighted by Gasteiger charge is -2.33. The van der Waals surface area contributed by atoms with Crippen molar-refractivity contribution in [3.05, 3.63) is 0 Å². The van der Waals surface area contributed by atoms with Crippen LogP contribution in [0.3, 0.4) is 0 Å². The highest BCUT2D eigenvalue weighted by Gasteiger charge is 2.33. The minimum Gasteiger partial charge on any atom is -0.379 e. The summed E-state index contributed by atoms with van der Waals surface area (Å²) in [5.74, 6) is 0.328. The largest absolute Gasteiger partial charge is 0.388 e. The van der Waals surface area contributed by atoms with Gasteiger partial charge >= 0.3 is 7.60 Å². The number of hydrogen-bond acceptors (Lipinski definition) is 8. The van der Waals surface area contributed by atoms with Crippen molar-refractivity contribution in [2.24, 2.45) is 0 Å². The van der Waals surface area contributed by atoms with E-state index in [4.69, 9.17) is 35.1 Å². The standard InChI is InChI=1S/C11H22ClN2O6P/c12-1-6-18-11-21(15,19-13-2-7-16-8-3-13)20-14-4-9-17-10-5-14/h1-11H2. The van der Waals surface area contributed by atoms with Crippen molar-refractivity contribution in [1.29, 1.82) is 0 Å². The van der Waals surface area contributed by atoms with Gasteiger partial charge in [-0.1, -0.05) is 0 Å². The van der Waals surface area contributed by atoms with E-state index in [1.807, 2.05) is 0 Å². The number of halogens is 1. The summed E-state index contributed by atoms with van der Waals surface area (Å²) in [6.45, 7) is 4.65. The Labute approximate surface area is 129 Å². The maximum atomic E-state index is 12.8. The third kappa shape index (κ3) is 6.48. The first-order valence-electron chi connectivity index (χ1n) is 6.99. The molecule has 0 saturated carbocycles. The van der Waals surface area contributed by atoms with Crippen LogP contribution < -0.4 is 0 Å².